The van der Waals surface area contributed by atoms with Crippen molar-refractivity contribution in [1.29, 1.82) is 0 Å². The molecular formula is C21H20N2O2. The first-order valence-electron chi connectivity index (χ1n) is 8.19. The summed E-state index contributed by atoms with van der Waals surface area (Å²) in [4.78, 5) is 16.5. The smallest absolute Gasteiger partial charge is 0.224 e. The Morgan fingerprint density at radius 3 is 2.40 bits per heavy atom. The Kier molecular flexibility index (Phi) is 5.42. The molecule has 2 aromatic carbocycles. The third-order valence-corrected chi connectivity index (χ3v) is 3.92. The van der Waals surface area contributed by atoms with Gasteiger partial charge < -0.3 is 10.1 Å². The number of hydrogen-bond donors (Lipinski definition) is 1. The molecule has 0 aliphatic heterocycles. The van der Waals surface area contributed by atoms with E-state index in [2.05, 4.69) is 10.3 Å². The molecule has 0 radical (unpaired) electrons. The summed E-state index contributed by atoms with van der Waals surface area (Å²) in [5.41, 5.74) is 3.75. The van der Waals surface area contributed by atoms with Crippen molar-refractivity contribution in [1.82, 2.24) is 4.98 Å². The third kappa shape index (κ3) is 4.67. The van der Waals surface area contributed by atoms with Crippen molar-refractivity contribution in [2.24, 2.45) is 0 Å². The summed E-state index contributed by atoms with van der Waals surface area (Å²) in [5, 5.41) is 2.89. The zero-order chi connectivity index (χ0) is 17.5. The molecule has 25 heavy (non-hydrogen) atoms. The lowest BCUT2D eigenvalue weighted by Crippen LogP contribution is -2.12. The number of ether oxygens (including phenoxy) is 1. The minimum Gasteiger partial charge on any atom is -0.497 e. The van der Waals surface area contributed by atoms with Crippen LogP contribution in [0.3, 0.4) is 0 Å². The lowest BCUT2D eigenvalue weighted by Gasteiger charge is -2.07. The van der Waals surface area contributed by atoms with E-state index in [4.69, 9.17) is 4.74 Å². The quantitative estimate of drug-likeness (QED) is 0.731. The third-order valence-electron chi connectivity index (χ3n) is 3.92. The first-order valence-corrected chi connectivity index (χ1v) is 8.19. The van der Waals surface area contributed by atoms with Crippen LogP contribution in [-0.2, 0) is 11.2 Å². The fourth-order valence-corrected chi connectivity index (χ4v) is 2.52. The first-order chi connectivity index (χ1) is 12.2. The minimum atomic E-state index is -0.0231. The normalized spacial score (nSPS) is 10.3. The zero-order valence-corrected chi connectivity index (χ0v) is 14.1. The molecule has 0 fully saturated rings. The summed E-state index contributed by atoms with van der Waals surface area (Å²) < 4.78 is 5.13. The molecule has 0 saturated carbocycles. The SMILES string of the molecule is COc1ccc(CCC(=O)Nc2ccc(-c3ccccc3)nc2)cc1. The molecule has 4 nitrogen and oxygen atoms in total. The highest BCUT2D eigenvalue weighted by Gasteiger charge is 2.05. The van der Waals surface area contributed by atoms with Crippen LogP contribution in [0.25, 0.3) is 11.3 Å². The summed E-state index contributed by atoms with van der Waals surface area (Å²) in [5.74, 6) is 0.794. The molecular weight excluding hydrogens is 312 g/mol. The lowest BCUT2D eigenvalue weighted by atomic mass is 10.1. The number of anilines is 1. The van der Waals surface area contributed by atoms with Crippen molar-refractivity contribution in [3.05, 3.63) is 78.5 Å². The van der Waals surface area contributed by atoms with Crippen LogP contribution >= 0.6 is 0 Å². The average Bonchev–Trinajstić information content (AvgIpc) is 2.68. The van der Waals surface area contributed by atoms with Gasteiger partial charge in [0.1, 0.15) is 5.75 Å². The highest BCUT2D eigenvalue weighted by Crippen LogP contribution is 2.18. The number of methoxy groups -OCH3 is 1. The van der Waals surface area contributed by atoms with Crippen molar-refractivity contribution in [3.8, 4) is 17.0 Å². The highest BCUT2D eigenvalue weighted by molar-refractivity contribution is 5.90. The molecule has 0 saturated heterocycles. The van der Waals surface area contributed by atoms with Gasteiger partial charge in [0.15, 0.2) is 0 Å². The van der Waals surface area contributed by atoms with Crippen LogP contribution in [-0.4, -0.2) is 18.0 Å². The maximum atomic E-state index is 12.1. The number of nitrogens with zero attached hydrogens (tertiary/aromatic N) is 1. The molecule has 1 heterocycles. The Hall–Kier alpha value is -3.14. The lowest BCUT2D eigenvalue weighted by molar-refractivity contribution is -0.116. The maximum absolute atomic E-state index is 12.1. The monoisotopic (exact) mass is 332 g/mol. The van der Waals surface area contributed by atoms with Crippen LogP contribution in [0.2, 0.25) is 0 Å². The van der Waals surface area contributed by atoms with E-state index in [9.17, 15) is 4.79 Å². The molecule has 0 atom stereocenters. The largest absolute Gasteiger partial charge is 0.497 e. The predicted octanol–water partition coefficient (Wildman–Crippen LogP) is 4.33. The molecule has 1 amide bonds. The molecule has 1 aromatic heterocycles. The Morgan fingerprint density at radius 2 is 1.76 bits per heavy atom. The minimum absolute atomic E-state index is 0.0231. The number of rotatable bonds is 6. The fraction of sp³-hybridized carbons (Fsp3) is 0.143. The van der Waals surface area contributed by atoms with Gasteiger partial charge in [-0.1, -0.05) is 42.5 Å². The van der Waals surface area contributed by atoms with E-state index in [0.717, 1.165) is 22.6 Å². The van der Waals surface area contributed by atoms with Gasteiger partial charge in [-0.05, 0) is 36.2 Å². The van der Waals surface area contributed by atoms with E-state index in [1.807, 2.05) is 66.7 Å². The molecule has 3 rings (SSSR count). The van der Waals surface area contributed by atoms with Crippen molar-refractivity contribution in [2.75, 3.05) is 12.4 Å². The predicted molar refractivity (Wildman–Crippen MR) is 99.6 cm³/mol. The van der Waals surface area contributed by atoms with E-state index in [1.54, 1.807) is 13.3 Å². The second kappa shape index (κ2) is 8.11. The van der Waals surface area contributed by atoms with Crippen LogP contribution in [0.5, 0.6) is 5.75 Å². The van der Waals surface area contributed by atoms with Crippen LogP contribution in [0.4, 0.5) is 5.69 Å². The molecule has 3 aromatic rings. The molecule has 4 heteroatoms. The van der Waals surface area contributed by atoms with Crippen molar-refractivity contribution < 1.29 is 9.53 Å². The van der Waals surface area contributed by atoms with Crippen LogP contribution in [0.1, 0.15) is 12.0 Å². The number of carbonyl (C=O) groups is 1. The summed E-state index contributed by atoms with van der Waals surface area (Å²) in [6, 6.07) is 21.5. The van der Waals surface area contributed by atoms with Crippen LogP contribution in [0, 0.1) is 0 Å². The van der Waals surface area contributed by atoms with E-state index in [0.29, 0.717) is 18.5 Å². The summed E-state index contributed by atoms with van der Waals surface area (Å²) in [6.07, 6.45) is 2.80. The van der Waals surface area contributed by atoms with Gasteiger partial charge in [0.25, 0.3) is 0 Å². The van der Waals surface area contributed by atoms with Gasteiger partial charge >= 0.3 is 0 Å². The number of aromatic nitrogens is 1. The second-order valence-corrected chi connectivity index (χ2v) is 5.69. The number of aryl methyl sites for hydroxylation is 1. The van der Waals surface area contributed by atoms with Gasteiger partial charge in [-0.15, -0.1) is 0 Å². The van der Waals surface area contributed by atoms with E-state index >= 15 is 0 Å². The van der Waals surface area contributed by atoms with Crippen molar-refractivity contribution in [2.45, 2.75) is 12.8 Å². The van der Waals surface area contributed by atoms with Crippen molar-refractivity contribution in [3.63, 3.8) is 0 Å². The number of carbonyl (C=O) groups excluding carboxylic acids is 1. The van der Waals surface area contributed by atoms with E-state index < -0.39 is 0 Å². The van der Waals surface area contributed by atoms with E-state index in [-0.39, 0.29) is 5.91 Å². The molecule has 126 valence electrons. The molecule has 0 aliphatic rings. The first kappa shape index (κ1) is 16.7. The fourth-order valence-electron chi connectivity index (χ4n) is 2.52. The number of nitrogens with one attached hydrogen (secondary N) is 1. The van der Waals surface area contributed by atoms with Gasteiger partial charge in [0.05, 0.1) is 24.7 Å². The van der Waals surface area contributed by atoms with Gasteiger partial charge in [-0.25, -0.2) is 0 Å². The Morgan fingerprint density at radius 1 is 1.00 bits per heavy atom. The molecule has 0 aliphatic carbocycles. The standard InChI is InChI=1S/C21H20N2O2/c1-25-19-11-7-16(8-12-19)9-14-21(24)23-18-10-13-20(22-15-18)17-5-3-2-4-6-17/h2-8,10-13,15H,9,14H2,1H3,(H,23,24). The van der Waals surface area contributed by atoms with Crippen LogP contribution < -0.4 is 10.1 Å². The summed E-state index contributed by atoms with van der Waals surface area (Å²) in [7, 11) is 1.64. The Labute approximate surface area is 147 Å². The molecule has 0 bridgehead atoms. The number of hydrogen-bond acceptors (Lipinski definition) is 3. The van der Waals surface area contributed by atoms with Crippen LogP contribution in [0.15, 0.2) is 72.9 Å². The molecule has 0 unspecified atom stereocenters. The Balaban J connectivity index is 1.54. The number of amides is 1. The number of benzene rings is 2. The summed E-state index contributed by atoms with van der Waals surface area (Å²) in [6.45, 7) is 0. The summed E-state index contributed by atoms with van der Waals surface area (Å²) >= 11 is 0. The zero-order valence-electron chi connectivity index (χ0n) is 14.1. The topological polar surface area (TPSA) is 51.2 Å². The van der Waals surface area contributed by atoms with Gasteiger partial charge in [0.2, 0.25) is 5.91 Å². The maximum Gasteiger partial charge on any atom is 0.224 e. The average molecular weight is 332 g/mol. The Bertz CT molecular complexity index is 813. The van der Waals surface area contributed by atoms with E-state index in [1.165, 1.54) is 0 Å². The molecule has 1 N–H and O–H groups in total. The van der Waals surface area contributed by atoms with Gasteiger partial charge in [0, 0.05) is 12.0 Å². The van der Waals surface area contributed by atoms with Gasteiger partial charge in [-0.3, -0.25) is 9.78 Å². The second-order valence-electron chi connectivity index (χ2n) is 5.69. The number of pyridine rings is 1. The van der Waals surface area contributed by atoms with Crippen molar-refractivity contribution >= 4 is 11.6 Å². The van der Waals surface area contributed by atoms with Gasteiger partial charge in [-0.2, -0.15) is 0 Å². The highest BCUT2D eigenvalue weighted by atomic mass is 16.5. The molecule has 0 spiro atoms.